The summed E-state index contributed by atoms with van der Waals surface area (Å²) in [4.78, 5) is 10.9. The maximum Gasteiger partial charge on any atom is 0.234 e. The monoisotopic (exact) mass is 188 g/mol. The number of nitrogens with one attached hydrogen (secondary N) is 2. The Balaban J connectivity index is 3.02. The minimum atomic E-state index is 0.0154. The van der Waals surface area contributed by atoms with E-state index in [1.807, 2.05) is 0 Å². The second kappa shape index (κ2) is 9.48. The van der Waals surface area contributed by atoms with Gasteiger partial charge in [0.05, 0.1) is 13.2 Å². The molecule has 1 amide bonds. The standard InChI is InChI=1S/C9H20N2O2/c1-3-4-6-13-7-5-11-9(12)8-10-2/h10H,3-8H2,1-2H3,(H,11,12). The molecule has 0 aliphatic carbocycles. The van der Waals surface area contributed by atoms with E-state index in [1.54, 1.807) is 7.05 Å². The van der Waals surface area contributed by atoms with Gasteiger partial charge in [-0.3, -0.25) is 4.79 Å². The Morgan fingerprint density at radius 3 is 2.77 bits per heavy atom. The van der Waals surface area contributed by atoms with Gasteiger partial charge in [-0.15, -0.1) is 0 Å². The normalized spacial score (nSPS) is 10.0. The van der Waals surface area contributed by atoms with Crippen LogP contribution in [0.4, 0.5) is 0 Å². The van der Waals surface area contributed by atoms with Gasteiger partial charge in [0.2, 0.25) is 5.91 Å². The van der Waals surface area contributed by atoms with Crippen LogP contribution in [0.25, 0.3) is 0 Å². The predicted molar refractivity (Wildman–Crippen MR) is 52.7 cm³/mol. The lowest BCUT2D eigenvalue weighted by atomic mass is 10.4. The Bertz CT molecular complexity index is 129. The number of rotatable bonds is 8. The first-order chi connectivity index (χ1) is 6.31. The average Bonchev–Trinajstić information content (AvgIpc) is 2.11. The van der Waals surface area contributed by atoms with E-state index in [9.17, 15) is 4.79 Å². The molecule has 0 aromatic rings. The summed E-state index contributed by atoms with van der Waals surface area (Å²) in [5, 5.41) is 5.51. The molecule has 0 aromatic carbocycles. The third kappa shape index (κ3) is 9.30. The molecule has 78 valence electrons. The van der Waals surface area contributed by atoms with Gasteiger partial charge in [-0.1, -0.05) is 13.3 Å². The fourth-order valence-corrected chi connectivity index (χ4v) is 0.834. The van der Waals surface area contributed by atoms with Gasteiger partial charge in [-0.2, -0.15) is 0 Å². The Hall–Kier alpha value is -0.610. The molecule has 0 saturated heterocycles. The maximum atomic E-state index is 10.9. The second-order valence-corrected chi connectivity index (χ2v) is 2.85. The third-order valence-corrected chi connectivity index (χ3v) is 1.55. The van der Waals surface area contributed by atoms with E-state index < -0.39 is 0 Å². The van der Waals surface area contributed by atoms with E-state index in [1.165, 1.54) is 0 Å². The second-order valence-electron chi connectivity index (χ2n) is 2.85. The van der Waals surface area contributed by atoms with Gasteiger partial charge in [-0.05, 0) is 13.5 Å². The van der Waals surface area contributed by atoms with Crippen molar-refractivity contribution in [2.45, 2.75) is 19.8 Å². The lowest BCUT2D eigenvalue weighted by Gasteiger charge is -2.05. The molecule has 0 radical (unpaired) electrons. The summed E-state index contributed by atoms with van der Waals surface area (Å²) in [7, 11) is 1.75. The van der Waals surface area contributed by atoms with E-state index in [2.05, 4.69) is 17.6 Å². The topological polar surface area (TPSA) is 50.4 Å². The molecule has 2 N–H and O–H groups in total. The van der Waals surface area contributed by atoms with E-state index in [0.717, 1.165) is 19.4 Å². The van der Waals surface area contributed by atoms with Gasteiger partial charge in [0.15, 0.2) is 0 Å². The molecule has 0 atom stereocenters. The van der Waals surface area contributed by atoms with E-state index >= 15 is 0 Å². The summed E-state index contributed by atoms with van der Waals surface area (Å²) < 4.78 is 5.27. The number of hydrogen-bond acceptors (Lipinski definition) is 3. The molecule has 0 fully saturated rings. The molecule has 0 aromatic heterocycles. The number of carbonyl (C=O) groups is 1. The molecule has 4 nitrogen and oxygen atoms in total. The highest BCUT2D eigenvalue weighted by atomic mass is 16.5. The van der Waals surface area contributed by atoms with Gasteiger partial charge < -0.3 is 15.4 Å². The van der Waals surface area contributed by atoms with Crippen LogP contribution in [0.3, 0.4) is 0 Å². The zero-order chi connectivity index (χ0) is 9.94. The maximum absolute atomic E-state index is 10.9. The number of amides is 1. The van der Waals surface area contributed by atoms with Gasteiger partial charge in [0.1, 0.15) is 0 Å². The molecule has 0 aliphatic rings. The van der Waals surface area contributed by atoms with Gasteiger partial charge in [0, 0.05) is 13.2 Å². The number of carbonyl (C=O) groups excluding carboxylic acids is 1. The van der Waals surface area contributed by atoms with Crippen LogP contribution >= 0.6 is 0 Å². The number of likely N-dealkylation sites (N-methyl/N-ethyl adjacent to an activating group) is 1. The fraction of sp³-hybridized carbons (Fsp3) is 0.889. The summed E-state index contributed by atoms with van der Waals surface area (Å²) in [6.45, 7) is 4.49. The highest BCUT2D eigenvalue weighted by Crippen LogP contribution is 1.86. The zero-order valence-corrected chi connectivity index (χ0v) is 8.56. The largest absolute Gasteiger partial charge is 0.380 e. The van der Waals surface area contributed by atoms with Crippen molar-refractivity contribution in [1.82, 2.24) is 10.6 Å². The molecule has 0 bridgehead atoms. The van der Waals surface area contributed by atoms with Crippen LogP contribution in [-0.4, -0.2) is 39.3 Å². The lowest BCUT2D eigenvalue weighted by molar-refractivity contribution is -0.120. The van der Waals surface area contributed by atoms with Crippen molar-refractivity contribution < 1.29 is 9.53 Å². The smallest absolute Gasteiger partial charge is 0.234 e. The van der Waals surface area contributed by atoms with Crippen molar-refractivity contribution in [1.29, 1.82) is 0 Å². The summed E-state index contributed by atoms with van der Waals surface area (Å²) >= 11 is 0. The molecule has 0 unspecified atom stereocenters. The summed E-state index contributed by atoms with van der Waals surface area (Å²) in [5.41, 5.74) is 0. The van der Waals surface area contributed by atoms with Crippen LogP contribution < -0.4 is 10.6 Å². The molecule has 0 rings (SSSR count). The molecule has 13 heavy (non-hydrogen) atoms. The average molecular weight is 188 g/mol. The van der Waals surface area contributed by atoms with Gasteiger partial charge in [-0.25, -0.2) is 0 Å². The minimum Gasteiger partial charge on any atom is -0.380 e. The first kappa shape index (κ1) is 12.4. The molecule has 0 saturated carbocycles. The molecule has 0 heterocycles. The first-order valence-electron chi connectivity index (χ1n) is 4.80. The lowest BCUT2D eigenvalue weighted by Crippen LogP contribution is -2.34. The Morgan fingerprint density at radius 2 is 2.15 bits per heavy atom. The number of hydrogen-bond donors (Lipinski definition) is 2. The first-order valence-corrected chi connectivity index (χ1v) is 4.80. The van der Waals surface area contributed by atoms with Crippen LogP contribution in [0.15, 0.2) is 0 Å². The highest BCUT2D eigenvalue weighted by molar-refractivity contribution is 5.77. The molecule has 0 aliphatic heterocycles. The predicted octanol–water partition coefficient (Wildman–Crippen LogP) is 0.139. The molecule has 0 spiro atoms. The SMILES string of the molecule is CCCCOCCNC(=O)CNC. The van der Waals surface area contributed by atoms with Crippen molar-refractivity contribution in [2.75, 3.05) is 33.4 Å². The summed E-state index contributed by atoms with van der Waals surface area (Å²) in [6.07, 6.45) is 2.23. The van der Waals surface area contributed by atoms with Gasteiger partial charge in [0.25, 0.3) is 0 Å². The number of ether oxygens (including phenoxy) is 1. The van der Waals surface area contributed by atoms with Crippen molar-refractivity contribution in [3.05, 3.63) is 0 Å². The Kier molecular flexibility index (Phi) is 9.03. The quantitative estimate of drug-likeness (QED) is 0.533. The Morgan fingerprint density at radius 1 is 1.38 bits per heavy atom. The van der Waals surface area contributed by atoms with E-state index in [4.69, 9.17) is 4.74 Å². The fourth-order valence-electron chi connectivity index (χ4n) is 0.834. The van der Waals surface area contributed by atoms with Crippen LogP contribution in [-0.2, 0) is 9.53 Å². The van der Waals surface area contributed by atoms with Crippen LogP contribution in [0, 0.1) is 0 Å². The minimum absolute atomic E-state index is 0.0154. The van der Waals surface area contributed by atoms with Crippen molar-refractivity contribution in [2.24, 2.45) is 0 Å². The summed E-state index contributed by atoms with van der Waals surface area (Å²) in [6, 6.07) is 0. The third-order valence-electron chi connectivity index (χ3n) is 1.55. The summed E-state index contributed by atoms with van der Waals surface area (Å²) in [5.74, 6) is 0.0154. The van der Waals surface area contributed by atoms with Crippen LogP contribution in [0.5, 0.6) is 0 Å². The Labute approximate surface area is 80.0 Å². The molecule has 4 heteroatoms. The van der Waals surface area contributed by atoms with Crippen molar-refractivity contribution in [3.63, 3.8) is 0 Å². The number of unbranched alkanes of at least 4 members (excludes halogenated alkanes) is 1. The molecular formula is C9H20N2O2. The van der Waals surface area contributed by atoms with Crippen LogP contribution in [0.1, 0.15) is 19.8 Å². The van der Waals surface area contributed by atoms with Gasteiger partial charge >= 0.3 is 0 Å². The molecular weight excluding hydrogens is 168 g/mol. The van der Waals surface area contributed by atoms with Crippen molar-refractivity contribution in [3.8, 4) is 0 Å². The highest BCUT2D eigenvalue weighted by Gasteiger charge is 1.96. The van der Waals surface area contributed by atoms with Crippen molar-refractivity contribution >= 4 is 5.91 Å². The zero-order valence-electron chi connectivity index (χ0n) is 8.56. The van der Waals surface area contributed by atoms with E-state index in [-0.39, 0.29) is 5.91 Å². The van der Waals surface area contributed by atoms with E-state index in [0.29, 0.717) is 19.7 Å². The van der Waals surface area contributed by atoms with Crippen LogP contribution in [0.2, 0.25) is 0 Å².